The van der Waals surface area contributed by atoms with Crippen molar-refractivity contribution in [1.82, 2.24) is 10.2 Å². The Balaban J connectivity index is 1.58. The van der Waals surface area contributed by atoms with E-state index in [4.69, 9.17) is 0 Å². The van der Waals surface area contributed by atoms with Gasteiger partial charge in [0.2, 0.25) is 5.91 Å². The number of carbonyl (C=O) groups is 1. The maximum atomic E-state index is 12.3. The van der Waals surface area contributed by atoms with Gasteiger partial charge < -0.3 is 4.90 Å². The second-order valence-electron chi connectivity index (χ2n) is 6.13. The van der Waals surface area contributed by atoms with E-state index >= 15 is 0 Å². The standard InChI is InChI=1S/C16H24N2OS/c1-12-16(19)18(10-4-8-13-6-2-3-7-13)15(17-12)14-9-5-11-20-14/h5,9,11-13,15,17H,2-4,6-8,10H2,1H3. The topological polar surface area (TPSA) is 32.3 Å². The van der Waals surface area contributed by atoms with Crippen molar-refractivity contribution in [2.75, 3.05) is 6.54 Å². The molecule has 2 heterocycles. The first-order valence-electron chi connectivity index (χ1n) is 7.85. The van der Waals surface area contributed by atoms with Crippen LogP contribution in [-0.4, -0.2) is 23.4 Å². The minimum Gasteiger partial charge on any atom is -0.321 e. The highest BCUT2D eigenvalue weighted by atomic mass is 32.1. The van der Waals surface area contributed by atoms with E-state index in [0.717, 1.165) is 18.9 Å². The lowest BCUT2D eigenvalue weighted by molar-refractivity contribution is -0.129. The summed E-state index contributed by atoms with van der Waals surface area (Å²) in [4.78, 5) is 15.6. The van der Waals surface area contributed by atoms with E-state index in [2.05, 4.69) is 22.8 Å². The Bertz CT molecular complexity index is 439. The van der Waals surface area contributed by atoms with E-state index in [-0.39, 0.29) is 18.1 Å². The van der Waals surface area contributed by atoms with Crippen LogP contribution in [0.25, 0.3) is 0 Å². The Morgan fingerprint density at radius 3 is 2.90 bits per heavy atom. The van der Waals surface area contributed by atoms with Crippen LogP contribution < -0.4 is 5.32 Å². The first-order valence-corrected chi connectivity index (χ1v) is 8.73. The Morgan fingerprint density at radius 1 is 1.40 bits per heavy atom. The van der Waals surface area contributed by atoms with Crippen LogP contribution in [0.2, 0.25) is 0 Å². The molecule has 110 valence electrons. The van der Waals surface area contributed by atoms with Gasteiger partial charge in [0.15, 0.2) is 0 Å². The van der Waals surface area contributed by atoms with Crippen LogP contribution >= 0.6 is 11.3 Å². The van der Waals surface area contributed by atoms with E-state index in [1.807, 2.05) is 11.8 Å². The largest absolute Gasteiger partial charge is 0.321 e. The van der Waals surface area contributed by atoms with Crippen LogP contribution in [0, 0.1) is 5.92 Å². The summed E-state index contributed by atoms with van der Waals surface area (Å²) in [6.45, 7) is 2.87. The van der Waals surface area contributed by atoms with Crippen molar-refractivity contribution in [2.45, 2.75) is 57.7 Å². The number of carbonyl (C=O) groups excluding carboxylic acids is 1. The third-order valence-electron chi connectivity index (χ3n) is 4.67. The smallest absolute Gasteiger partial charge is 0.241 e. The Labute approximate surface area is 125 Å². The highest BCUT2D eigenvalue weighted by Gasteiger charge is 2.37. The number of rotatable bonds is 5. The SMILES string of the molecule is CC1NC(c2cccs2)N(CCCC2CCCC2)C1=O. The number of thiophene rings is 1. The van der Waals surface area contributed by atoms with Crippen LogP contribution in [0.5, 0.6) is 0 Å². The molecule has 1 aromatic heterocycles. The summed E-state index contributed by atoms with van der Waals surface area (Å²) in [7, 11) is 0. The molecule has 1 saturated carbocycles. The average molecular weight is 292 g/mol. The van der Waals surface area contributed by atoms with Crippen molar-refractivity contribution >= 4 is 17.2 Å². The van der Waals surface area contributed by atoms with E-state index < -0.39 is 0 Å². The molecule has 1 saturated heterocycles. The average Bonchev–Trinajstić information content (AvgIpc) is 3.15. The Morgan fingerprint density at radius 2 is 2.20 bits per heavy atom. The van der Waals surface area contributed by atoms with Gasteiger partial charge in [0.25, 0.3) is 0 Å². The number of hydrogen-bond donors (Lipinski definition) is 1. The van der Waals surface area contributed by atoms with Crippen LogP contribution in [0.3, 0.4) is 0 Å². The lowest BCUT2D eigenvalue weighted by atomic mass is 10.0. The summed E-state index contributed by atoms with van der Waals surface area (Å²) in [5.41, 5.74) is 0. The normalized spacial score (nSPS) is 27.6. The van der Waals surface area contributed by atoms with Crippen molar-refractivity contribution in [1.29, 1.82) is 0 Å². The summed E-state index contributed by atoms with van der Waals surface area (Å²) in [5.74, 6) is 1.17. The van der Waals surface area contributed by atoms with Crippen molar-refractivity contribution < 1.29 is 4.79 Å². The first-order chi connectivity index (χ1) is 9.75. The van der Waals surface area contributed by atoms with Gasteiger partial charge in [-0.1, -0.05) is 31.7 Å². The molecule has 1 aliphatic heterocycles. The molecule has 2 fully saturated rings. The van der Waals surface area contributed by atoms with Crippen molar-refractivity contribution in [3.05, 3.63) is 22.4 Å². The van der Waals surface area contributed by atoms with Gasteiger partial charge in [0.1, 0.15) is 6.17 Å². The molecule has 3 rings (SSSR count). The molecule has 1 N–H and O–H groups in total. The number of hydrogen-bond acceptors (Lipinski definition) is 3. The number of nitrogens with one attached hydrogen (secondary N) is 1. The van der Waals surface area contributed by atoms with E-state index in [0.29, 0.717) is 0 Å². The second-order valence-corrected chi connectivity index (χ2v) is 7.11. The maximum absolute atomic E-state index is 12.3. The van der Waals surface area contributed by atoms with Gasteiger partial charge in [-0.2, -0.15) is 0 Å². The molecule has 0 radical (unpaired) electrons. The van der Waals surface area contributed by atoms with Crippen LogP contribution in [0.1, 0.15) is 56.5 Å². The van der Waals surface area contributed by atoms with Gasteiger partial charge >= 0.3 is 0 Å². The minimum atomic E-state index is -0.0476. The van der Waals surface area contributed by atoms with Crippen molar-refractivity contribution in [3.63, 3.8) is 0 Å². The molecule has 4 heteroatoms. The quantitative estimate of drug-likeness (QED) is 0.900. The molecular formula is C16H24N2OS. The summed E-state index contributed by atoms with van der Waals surface area (Å²) in [6, 6.07) is 4.14. The van der Waals surface area contributed by atoms with Crippen LogP contribution in [0.15, 0.2) is 17.5 Å². The molecule has 0 bridgehead atoms. The minimum absolute atomic E-state index is 0.0476. The van der Waals surface area contributed by atoms with E-state index in [9.17, 15) is 4.79 Å². The highest BCUT2D eigenvalue weighted by molar-refractivity contribution is 7.10. The summed E-state index contributed by atoms with van der Waals surface area (Å²) in [6.07, 6.45) is 8.14. The fourth-order valence-corrected chi connectivity index (χ4v) is 4.34. The molecular weight excluding hydrogens is 268 g/mol. The zero-order valence-corrected chi connectivity index (χ0v) is 13.0. The molecule has 2 aliphatic rings. The molecule has 1 aliphatic carbocycles. The molecule has 0 aromatic carbocycles. The molecule has 20 heavy (non-hydrogen) atoms. The van der Waals surface area contributed by atoms with Gasteiger partial charge in [-0.3, -0.25) is 10.1 Å². The van der Waals surface area contributed by atoms with Gasteiger partial charge in [0, 0.05) is 11.4 Å². The van der Waals surface area contributed by atoms with Crippen molar-refractivity contribution in [3.8, 4) is 0 Å². The lowest BCUT2D eigenvalue weighted by Crippen LogP contribution is -2.31. The molecule has 2 atom stereocenters. The second kappa shape index (κ2) is 6.27. The fraction of sp³-hybridized carbons (Fsp3) is 0.688. The van der Waals surface area contributed by atoms with Gasteiger partial charge in [-0.05, 0) is 37.1 Å². The van der Waals surface area contributed by atoms with Gasteiger partial charge in [-0.25, -0.2) is 0 Å². The van der Waals surface area contributed by atoms with Crippen LogP contribution in [0.4, 0.5) is 0 Å². The first kappa shape index (κ1) is 14.1. The fourth-order valence-electron chi connectivity index (χ4n) is 3.55. The lowest BCUT2D eigenvalue weighted by Gasteiger charge is -2.24. The summed E-state index contributed by atoms with van der Waals surface area (Å²) < 4.78 is 0. The Kier molecular flexibility index (Phi) is 4.41. The zero-order chi connectivity index (χ0) is 13.9. The van der Waals surface area contributed by atoms with Crippen LogP contribution in [-0.2, 0) is 4.79 Å². The summed E-state index contributed by atoms with van der Waals surface area (Å²) in [5, 5.41) is 5.51. The van der Waals surface area contributed by atoms with Gasteiger partial charge in [-0.15, -0.1) is 11.3 Å². The predicted molar refractivity (Wildman–Crippen MR) is 82.6 cm³/mol. The maximum Gasteiger partial charge on any atom is 0.241 e. The molecule has 1 aromatic rings. The van der Waals surface area contributed by atoms with Crippen molar-refractivity contribution in [2.24, 2.45) is 5.92 Å². The summed E-state index contributed by atoms with van der Waals surface area (Å²) >= 11 is 1.73. The highest BCUT2D eigenvalue weighted by Crippen LogP contribution is 2.31. The van der Waals surface area contributed by atoms with E-state index in [1.165, 1.54) is 37.0 Å². The van der Waals surface area contributed by atoms with E-state index in [1.54, 1.807) is 11.3 Å². The zero-order valence-electron chi connectivity index (χ0n) is 12.2. The molecule has 2 unspecified atom stereocenters. The number of amides is 1. The third kappa shape index (κ3) is 2.91. The molecule has 0 spiro atoms. The molecule has 3 nitrogen and oxygen atoms in total. The predicted octanol–water partition coefficient (Wildman–Crippen LogP) is 3.54. The Hall–Kier alpha value is -0.870. The van der Waals surface area contributed by atoms with Gasteiger partial charge in [0.05, 0.1) is 6.04 Å². The monoisotopic (exact) mass is 292 g/mol. The third-order valence-corrected chi connectivity index (χ3v) is 5.60. The molecule has 1 amide bonds. The number of nitrogens with zero attached hydrogens (tertiary/aromatic N) is 1.